The third kappa shape index (κ3) is 3.40. The van der Waals surface area contributed by atoms with Crippen LogP contribution in [0.15, 0.2) is 29.0 Å². The van der Waals surface area contributed by atoms with E-state index in [1.807, 2.05) is 12.1 Å². The molecule has 0 aromatic carbocycles. The first kappa shape index (κ1) is 13.2. The molecule has 5 heteroatoms. The Morgan fingerprint density at radius 2 is 2.11 bits per heavy atom. The van der Waals surface area contributed by atoms with E-state index >= 15 is 0 Å². The molecule has 0 amide bonds. The summed E-state index contributed by atoms with van der Waals surface area (Å²) in [6, 6.07) is 3.94. The largest absolute Gasteiger partial charge is 0.383 e. The molecule has 0 atom stereocenters. The van der Waals surface area contributed by atoms with Crippen LogP contribution in [0.3, 0.4) is 0 Å². The van der Waals surface area contributed by atoms with Crippen molar-refractivity contribution < 1.29 is 0 Å². The number of hydrogen-bond donors (Lipinski definition) is 2. The number of nitrogens with one attached hydrogen (secondary N) is 1. The summed E-state index contributed by atoms with van der Waals surface area (Å²) in [5.41, 5.74) is 8.32. The highest BCUT2D eigenvalue weighted by molar-refractivity contribution is 9.10. The summed E-state index contributed by atoms with van der Waals surface area (Å²) in [6.45, 7) is 1.71. The Labute approximate surface area is 115 Å². The minimum Gasteiger partial charge on any atom is -0.383 e. The molecule has 96 valence electrons. The third-order valence-electron chi connectivity index (χ3n) is 2.74. The zero-order valence-corrected chi connectivity index (χ0v) is 11.8. The monoisotopic (exact) mass is 308 g/mol. The van der Waals surface area contributed by atoms with Crippen LogP contribution in [0.5, 0.6) is 0 Å². The first-order valence-electron chi connectivity index (χ1n) is 6.15. The third-order valence-corrected chi connectivity index (χ3v) is 3.17. The molecular weight excluding hydrogens is 292 g/mol. The standard InChI is InChI=1S/C13H17BrN4/c14-10-8-12-13(18-9-10)11(4-7-17-12)16-6-3-1-2-5-15/h4,7-9H,1-3,5-6,15H2,(H,16,17). The fourth-order valence-electron chi connectivity index (χ4n) is 1.82. The summed E-state index contributed by atoms with van der Waals surface area (Å²) < 4.78 is 0.947. The van der Waals surface area contributed by atoms with Crippen LogP contribution < -0.4 is 11.1 Å². The fourth-order valence-corrected chi connectivity index (χ4v) is 2.14. The maximum absolute atomic E-state index is 5.47. The lowest BCUT2D eigenvalue weighted by molar-refractivity contribution is 0.707. The first-order valence-corrected chi connectivity index (χ1v) is 6.95. The van der Waals surface area contributed by atoms with Gasteiger partial charge in [0.15, 0.2) is 0 Å². The van der Waals surface area contributed by atoms with E-state index in [0.717, 1.165) is 53.5 Å². The Hall–Kier alpha value is -1.20. The van der Waals surface area contributed by atoms with Gasteiger partial charge in [0.2, 0.25) is 0 Å². The lowest BCUT2D eigenvalue weighted by Crippen LogP contribution is -2.04. The van der Waals surface area contributed by atoms with Gasteiger partial charge >= 0.3 is 0 Å². The Balaban J connectivity index is 2.04. The maximum atomic E-state index is 5.47. The zero-order chi connectivity index (χ0) is 12.8. The minimum absolute atomic E-state index is 0.772. The molecule has 0 saturated carbocycles. The predicted molar refractivity (Wildman–Crippen MR) is 78.6 cm³/mol. The molecule has 0 aliphatic carbocycles. The molecule has 0 spiro atoms. The van der Waals surface area contributed by atoms with Gasteiger partial charge in [0.25, 0.3) is 0 Å². The van der Waals surface area contributed by atoms with Crippen molar-refractivity contribution in [2.45, 2.75) is 19.3 Å². The average Bonchev–Trinajstić information content (AvgIpc) is 2.38. The molecule has 3 N–H and O–H groups in total. The van der Waals surface area contributed by atoms with E-state index in [2.05, 4.69) is 31.2 Å². The van der Waals surface area contributed by atoms with Gasteiger partial charge in [-0.2, -0.15) is 0 Å². The molecule has 2 aromatic rings. The molecule has 2 heterocycles. The summed E-state index contributed by atoms with van der Waals surface area (Å²) in [7, 11) is 0. The first-order chi connectivity index (χ1) is 8.81. The van der Waals surface area contributed by atoms with Crippen LogP contribution in [0.2, 0.25) is 0 Å². The average molecular weight is 309 g/mol. The molecule has 0 radical (unpaired) electrons. The van der Waals surface area contributed by atoms with E-state index in [9.17, 15) is 0 Å². The Kier molecular flexibility index (Phi) is 4.90. The summed E-state index contributed by atoms with van der Waals surface area (Å²) in [5, 5.41) is 3.41. The van der Waals surface area contributed by atoms with Gasteiger partial charge in [0.05, 0.1) is 11.2 Å². The van der Waals surface area contributed by atoms with Crippen LogP contribution in [0.4, 0.5) is 5.69 Å². The molecule has 0 fully saturated rings. The SMILES string of the molecule is NCCCCCNc1ccnc2cc(Br)cnc12. The fraction of sp³-hybridized carbons (Fsp3) is 0.385. The van der Waals surface area contributed by atoms with E-state index in [-0.39, 0.29) is 0 Å². The molecule has 0 unspecified atom stereocenters. The Morgan fingerprint density at radius 3 is 2.94 bits per heavy atom. The molecule has 0 bridgehead atoms. The van der Waals surface area contributed by atoms with Crippen molar-refractivity contribution in [3.05, 3.63) is 29.0 Å². The number of fused-ring (bicyclic) bond motifs is 1. The second kappa shape index (κ2) is 6.66. The molecule has 18 heavy (non-hydrogen) atoms. The van der Waals surface area contributed by atoms with Crippen molar-refractivity contribution in [2.24, 2.45) is 5.73 Å². The van der Waals surface area contributed by atoms with E-state index in [0.29, 0.717) is 0 Å². The Morgan fingerprint density at radius 1 is 1.22 bits per heavy atom. The van der Waals surface area contributed by atoms with Gasteiger partial charge in [-0.05, 0) is 47.4 Å². The van der Waals surface area contributed by atoms with Crippen molar-refractivity contribution in [3.63, 3.8) is 0 Å². The van der Waals surface area contributed by atoms with E-state index in [4.69, 9.17) is 5.73 Å². The van der Waals surface area contributed by atoms with Crippen molar-refractivity contribution in [1.29, 1.82) is 0 Å². The molecule has 2 rings (SSSR count). The molecule has 0 aliphatic heterocycles. The van der Waals surface area contributed by atoms with E-state index in [1.54, 1.807) is 12.4 Å². The number of hydrogen-bond acceptors (Lipinski definition) is 4. The summed E-state index contributed by atoms with van der Waals surface area (Å²) in [5.74, 6) is 0. The quantitative estimate of drug-likeness (QED) is 0.805. The molecular formula is C13H17BrN4. The number of halogens is 1. The van der Waals surface area contributed by atoms with Crippen LogP contribution >= 0.6 is 15.9 Å². The summed E-state index contributed by atoms with van der Waals surface area (Å²) in [6.07, 6.45) is 6.97. The van der Waals surface area contributed by atoms with Crippen LogP contribution in [0, 0.1) is 0 Å². The summed E-state index contributed by atoms with van der Waals surface area (Å²) in [4.78, 5) is 8.72. The second-order valence-corrected chi connectivity index (χ2v) is 5.07. The topological polar surface area (TPSA) is 63.8 Å². The van der Waals surface area contributed by atoms with Gasteiger partial charge in [-0.3, -0.25) is 9.97 Å². The number of rotatable bonds is 6. The molecule has 0 saturated heterocycles. The maximum Gasteiger partial charge on any atom is 0.112 e. The number of anilines is 1. The number of nitrogens with two attached hydrogens (primary N) is 1. The van der Waals surface area contributed by atoms with Crippen LogP contribution in [0.1, 0.15) is 19.3 Å². The highest BCUT2D eigenvalue weighted by Gasteiger charge is 2.03. The van der Waals surface area contributed by atoms with E-state index < -0.39 is 0 Å². The number of aromatic nitrogens is 2. The second-order valence-electron chi connectivity index (χ2n) is 4.16. The van der Waals surface area contributed by atoms with Crippen LogP contribution in [0.25, 0.3) is 11.0 Å². The Bertz CT molecular complexity index is 515. The van der Waals surface area contributed by atoms with Gasteiger partial charge in [-0.1, -0.05) is 6.42 Å². The highest BCUT2D eigenvalue weighted by atomic mass is 79.9. The lowest BCUT2D eigenvalue weighted by atomic mass is 10.2. The van der Waals surface area contributed by atoms with Crippen molar-refractivity contribution >= 4 is 32.7 Å². The van der Waals surface area contributed by atoms with Crippen LogP contribution in [-0.4, -0.2) is 23.1 Å². The smallest absolute Gasteiger partial charge is 0.112 e. The van der Waals surface area contributed by atoms with Gasteiger partial charge in [0, 0.05) is 23.4 Å². The van der Waals surface area contributed by atoms with Crippen molar-refractivity contribution in [2.75, 3.05) is 18.4 Å². The number of nitrogens with zero attached hydrogens (tertiary/aromatic N) is 2. The number of unbranched alkanes of at least 4 members (excludes halogenated alkanes) is 2. The van der Waals surface area contributed by atoms with Crippen molar-refractivity contribution in [1.82, 2.24) is 9.97 Å². The lowest BCUT2D eigenvalue weighted by Gasteiger charge is -2.08. The minimum atomic E-state index is 0.772. The molecule has 4 nitrogen and oxygen atoms in total. The van der Waals surface area contributed by atoms with E-state index in [1.165, 1.54) is 0 Å². The zero-order valence-electron chi connectivity index (χ0n) is 10.2. The van der Waals surface area contributed by atoms with Gasteiger partial charge in [0.1, 0.15) is 5.52 Å². The van der Waals surface area contributed by atoms with Gasteiger partial charge in [-0.25, -0.2) is 0 Å². The van der Waals surface area contributed by atoms with Crippen LogP contribution in [-0.2, 0) is 0 Å². The predicted octanol–water partition coefficient (Wildman–Crippen LogP) is 2.93. The molecule has 2 aromatic heterocycles. The molecule has 0 aliphatic rings. The number of pyridine rings is 2. The van der Waals surface area contributed by atoms with Crippen molar-refractivity contribution in [3.8, 4) is 0 Å². The van der Waals surface area contributed by atoms with Gasteiger partial charge in [-0.15, -0.1) is 0 Å². The van der Waals surface area contributed by atoms with Gasteiger partial charge < -0.3 is 11.1 Å². The normalized spacial score (nSPS) is 10.8. The highest BCUT2D eigenvalue weighted by Crippen LogP contribution is 2.21. The summed E-state index contributed by atoms with van der Waals surface area (Å²) >= 11 is 3.40.